The van der Waals surface area contributed by atoms with Crippen LogP contribution in [0.3, 0.4) is 0 Å². The van der Waals surface area contributed by atoms with Crippen molar-refractivity contribution in [1.29, 1.82) is 0 Å². The molecule has 0 saturated heterocycles. The molecular formula is C24H33NO4. The van der Waals surface area contributed by atoms with Gasteiger partial charge in [-0.1, -0.05) is 50.1 Å². The Kier molecular flexibility index (Phi) is 5.84. The number of unbranched alkanes of at least 4 members (excludes halogenated alkanes) is 2. The lowest BCUT2D eigenvalue weighted by Crippen LogP contribution is -2.71. The summed E-state index contributed by atoms with van der Waals surface area (Å²) >= 11 is 0. The molecule has 4 fully saturated rings. The minimum absolute atomic E-state index is 0.0575. The van der Waals surface area contributed by atoms with E-state index in [2.05, 4.69) is 6.92 Å². The summed E-state index contributed by atoms with van der Waals surface area (Å²) in [6.07, 6.45) is 7.38. The van der Waals surface area contributed by atoms with Crippen molar-refractivity contribution in [2.24, 2.45) is 23.7 Å². The van der Waals surface area contributed by atoms with E-state index in [1.54, 1.807) is 4.90 Å². The van der Waals surface area contributed by atoms with Gasteiger partial charge in [-0.25, -0.2) is 9.59 Å². The van der Waals surface area contributed by atoms with Crippen LogP contribution in [0.4, 0.5) is 4.79 Å². The Morgan fingerprint density at radius 2 is 1.66 bits per heavy atom. The summed E-state index contributed by atoms with van der Waals surface area (Å²) in [6.45, 7) is 2.77. The molecule has 4 aliphatic carbocycles. The maximum atomic E-state index is 13.3. The molecule has 1 aromatic rings. The molecule has 0 unspecified atom stereocenters. The molecule has 0 heterocycles. The number of nitrogens with zero attached hydrogens (tertiary/aromatic N) is 1. The van der Waals surface area contributed by atoms with E-state index in [1.807, 2.05) is 30.3 Å². The molecule has 4 bridgehead atoms. The van der Waals surface area contributed by atoms with Gasteiger partial charge in [-0.05, 0) is 67.8 Å². The normalized spacial score (nSPS) is 32.2. The first kappa shape index (κ1) is 20.2. The van der Waals surface area contributed by atoms with Gasteiger partial charge in [0, 0.05) is 6.54 Å². The molecule has 0 aliphatic heterocycles. The van der Waals surface area contributed by atoms with Crippen LogP contribution in [0.15, 0.2) is 30.3 Å². The van der Waals surface area contributed by atoms with Crippen LogP contribution in [0.2, 0.25) is 0 Å². The van der Waals surface area contributed by atoms with Crippen molar-refractivity contribution in [3.05, 3.63) is 35.9 Å². The average Bonchev–Trinajstić information content (AvgIpc) is 2.71. The Bertz CT molecular complexity index is 704. The van der Waals surface area contributed by atoms with Gasteiger partial charge in [0.1, 0.15) is 12.1 Å². The van der Waals surface area contributed by atoms with Crippen molar-refractivity contribution < 1.29 is 19.4 Å². The van der Waals surface area contributed by atoms with Crippen molar-refractivity contribution in [3.8, 4) is 0 Å². The molecule has 0 radical (unpaired) electrons. The number of carboxylic acids is 1. The zero-order valence-electron chi connectivity index (χ0n) is 17.4. The first-order valence-electron chi connectivity index (χ1n) is 11.3. The fourth-order valence-corrected chi connectivity index (χ4v) is 6.55. The molecular weight excluding hydrogens is 366 g/mol. The number of carboxylic acid groups (broad SMARTS) is 1. The van der Waals surface area contributed by atoms with E-state index in [4.69, 9.17) is 4.74 Å². The molecule has 5 nitrogen and oxygen atoms in total. The van der Waals surface area contributed by atoms with Crippen molar-refractivity contribution >= 4 is 12.1 Å². The molecule has 4 saturated carbocycles. The summed E-state index contributed by atoms with van der Waals surface area (Å²) in [5.41, 5.74) is -0.168. The quantitative estimate of drug-likeness (QED) is 0.618. The topological polar surface area (TPSA) is 66.8 Å². The molecule has 1 N–H and O–H groups in total. The third kappa shape index (κ3) is 3.64. The van der Waals surface area contributed by atoms with Gasteiger partial charge >= 0.3 is 12.1 Å². The number of benzene rings is 1. The minimum atomic E-state index is -1.09. The van der Waals surface area contributed by atoms with Gasteiger partial charge < -0.3 is 9.84 Å². The molecule has 0 spiro atoms. The lowest BCUT2D eigenvalue weighted by molar-refractivity contribution is -0.181. The van der Waals surface area contributed by atoms with Crippen LogP contribution >= 0.6 is 0 Å². The van der Waals surface area contributed by atoms with Crippen LogP contribution in [0.1, 0.15) is 63.9 Å². The standard InChI is InChI=1S/C24H33NO4/c1-2-3-7-10-25(23(28)29-16-17-8-5-4-6-9-17)24(22(26)27)20-12-18-11-19(14-20)15-21(24)13-18/h4-6,8-9,18-21H,2-3,7,10-16H2,1H3,(H,26,27). The maximum absolute atomic E-state index is 13.3. The summed E-state index contributed by atoms with van der Waals surface area (Å²) in [5.74, 6) is 0.578. The summed E-state index contributed by atoms with van der Waals surface area (Å²) in [4.78, 5) is 27.7. The van der Waals surface area contributed by atoms with E-state index in [1.165, 1.54) is 6.42 Å². The molecule has 5 heteroatoms. The van der Waals surface area contributed by atoms with E-state index in [0.717, 1.165) is 50.5 Å². The first-order chi connectivity index (χ1) is 14.1. The van der Waals surface area contributed by atoms with Gasteiger partial charge in [-0.15, -0.1) is 0 Å². The predicted octanol–water partition coefficient (Wildman–Crippen LogP) is 5.09. The Balaban J connectivity index is 1.60. The number of hydrogen-bond donors (Lipinski definition) is 1. The van der Waals surface area contributed by atoms with Gasteiger partial charge in [-0.3, -0.25) is 4.90 Å². The number of aliphatic carboxylic acids is 1. The predicted molar refractivity (Wildman–Crippen MR) is 110 cm³/mol. The lowest BCUT2D eigenvalue weighted by Gasteiger charge is -2.61. The van der Waals surface area contributed by atoms with Crippen LogP contribution in [-0.4, -0.2) is 34.2 Å². The highest BCUT2D eigenvalue weighted by atomic mass is 16.6. The van der Waals surface area contributed by atoms with Crippen molar-refractivity contribution in [2.75, 3.05) is 6.54 Å². The minimum Gasteiger partial charge on any atom is -0.479 e. The maximum Gasteiger partial charge on any atom is 0.411 e. The van der Waals surface area contributed by atoms with E-state index >= 15 is 0 Å². The third-order valence-corrected chi connectivity index (χ3v) is 7.58. The van der Waals surface area contributed by atoms with E-state index < -0.39 is 17.6 Å². The van der Waals surface area contributed by atoms with Crippen LogP contribution in [0.5, 0.6) is 0 Å². The molecule has 29 heavy (non-hydrogen) atoms. The van der Waals surface area contributed by atoms with Crippen LogP contribution in [0.25, 0.3) is 0 Å². The molecule has 158 valence electrons. The number of carbonyl (C=O) groups excluding carboxylic acids is 1. The highest BCUT2D eigenvalue weighted by Crippen LogP contribution is 2.60. The van der Waals surface area contributed by atoms with Crippen LogP contribution < -0.4 is 0 Å². The van der Waals surface area contributed by atoms with Crippen LogP contribution in [-0.2, 0) is 16.1 Å². The smallest absolute Gasteiger partial charge is 0.411 e. The summed E-state index contributed by atoms with van der Waals surface area (Å²) in [6, 6.07) is 9.60. The average molecular weight is 400 g/mol. The Hall–Kier alpha value is -2.04. The highest BCUT2D eigenvalue weighted by Gasteiger charge is 2.65. The number of ether oxygens (including phenoxy) is 1. The number of rotatable bonds is 8. The largest absolute Gasteiger partial charge is 0.479 e. The van der Waals surface area contributed by atoms with Gasteiger partial charge in [0.05, 0.1) is 0 Å². The fraction of sp³-hybridized carbons (Fsp3) is 0.667. The molecule has 0 aromatic heterocycles. The monoisotopic (exact) mass is 399 g/mol. The Labute approximate surface area is 173 Å². The van der Waals surface area contributed by atoms with E-state index in [-0.39, 0.29) is 18.4 Å². The second-order valence-electron chi connectivity index (χ2n) is 9.33. The van der Waals surface area contributed by atoms with Crippen molar-refractivity contribution in [2.45, 2.75) is 70.4 Å². The second kappa shape index (κ2) is 8.37. The number of amides is 1. The van der Waals surface area contributed by atoms with Crippen LogP contribution in [0, 0.1) is 23.7 Å². The zero-order chi connectivity index (χ0) is 20.4. The molecule has 1 aromatic carbocycles. The third-order valence-electron chi connectivity index (χ3n) is 7.58. The SMILES string of the molecule is CCCCCN(C(=O)OCc1ccccc1)C1(C(=O)O)C2CC3CC(C2)CC1C3. The molecule has 4 aliphatic rings. The first-order valence-corrected chi connectivity index (χ1v) is 11.3. The highest BCUT2D eigenvalue weighted by molar-refractivity contribution is 5.86. The number of carbonyl (C=O) groups is 2. The lowest BCUT2D eigenvalue weighted by atomic mass is 9.48. The summed E-state index contributed by atoms with van der Waals surface area (Å²) in [7, 11) is 0. The zero-order valence-corrected chi connectivity index (χ0v) is 17.4. The Morgan fingerprint density at radius 3 is 2.21 bits per heavy atom. The Morgan fingerprint density at radius 1 is 1.03 bits per heavy atom. The van der Waals surface area contributed by atoms with Gasteiger partial charge in [-0.2, -0.15) is 0 Å². The summed E-state index contributed by atoms with van der Waals surface area (Å²) in [5, 5.41) is 10.5. The van der Waals surface area contributed by atoms with Gasteiger partial charge in [0.2, 0.25) is 0 Å². The van der Waals surface area contributed by atoms with E-state index in [0.29, 0.717) is 18.4 Å². The summed E-state index contributed by atoms with van der Waals surface area (Å²) < 4.78 is 5.68. The molecule has 1 amide bonds. The van der Waals surface area contributed by atoms with Crippen molar-refractivity contribution in [3.63, 3.8) is 0 Å². The van der Waals surface area contributed by atoms with Gasteiger partial charge in [0.15, 0.2) is 0 Å². The molecule has 0 atom stereocenters. The molecule has 5 rings (SSSR count). The fourth-order valence-electron chi connectivity index (χ4n) is 6.55. The second-order valence-corrected chi connectivity index (χ2v) is 9.33. The van der Waals surface area contributed by atoms with E-state index in [9.17, 15) is 14.7 Å². The van der Waals surface area contributed by atoms with Crippen molar-refractivity contribution in [1.82, 2.24) is 4.90 Å². The van der Waals surface area contributed by atoms with Gasteiger partial charge in [0.25, 0.3) is 0 Å². The number of hydrogen-bond acceptors (Lipinski definition) is 3.